The molecule has 4 aromatic rings. The van der Waals surface area contributed by atoms with Crippen molar-refractivity contribution in [3.63, 3.8) is 0 Å². The summed E-state index contributed by atoms with van der Waals surface area (Å²) in [6.07, 6.45) is 4.05. The van der Waals surface area contributed by atoms with Gasteiger partial charge in [-0.1, -0.05) is 30.3 Å². The third kappa shape index (κ3) is 3.88. The highest BCUT2D eigenvalue weighted by Crippen LogP contribution is 2.37. The zero-order chi connectivity index (χ0) is 23.7. The number of ether oxygens (including phenoxy) is 1. The van der Waals surface area contributed by atoms with Gasteiger partial charge in [-0.05, 0) is 24.3 Å². The second kappa shape index (κ2) is 8.58. The quantitative estimate of drug-likeness (QED) is 0.331. The van der Waals surface area contributed by atoms with Gasteiger partial charge in [-0.2, -0.15) is 10.1 Å². The van der Waals surface area contributed by atoms with Crippen molar-refractivity contribution in [2.75, 3.05) is 0 Å². The summed E-state index contributed by atoms with van der Waals surface area (Å²) in [5.41, 5.74) is 2.87. The Morgan fingerprint density at radius 3 is 2.50 bits per heavy atom. The van der Waals surface area contributed by atoms with E-state index < -0.39 is 11.2 Å². The Hall–Kier alpha value is -4.86. The fraction of sp³-hybridized carbons (Fsp3) is 0.0833. The molecule has 0 radical (unpaired) electrons. The number of hydrogen-bond acceptors (Lipinski definition) is 7. The number of nitro groups is 1. The molecule has 2 aromatic carbocycles. The first-order chi connectivity index (χ1) is 16.5. The van der Waals surface area contributed by atoms with Gasteiger partial charge in [-0.25, -0.2) is 4.68 Å². The van der Waals surface area contributed by atoms with Crippen LogP contribution in [0.3, 0.4) is 0 Å². The van der Waals surface area contributed by atoms with Crippen molar-refractivity contribution in [3.05, 3.63) is 107 Å². The highest BCUT2D eigenvalue weighted by atomic mass is 16.6. The van der Waals surface area contributed by atoms with E-state index in [1.807, 2.05) is 30.3 Å². The fourth-order valence-electron chi connectivity index (χ4n) is 3.65. The molecule has 0 saturated heterocycles. The summed E-state index contributed by atoms with van der Waals surface area (Å²) >= 11 is 0. The molecule has 168 valence electrons. The Balaban J connectivity index is 1.64. The van der Waals surface area contributed by atoms with E-state index >= 15 is 0 Å². The largest absolute Gasteiger partial charge is 0.446 e. The van der Waals surface area contributed by atoms with Crippen molar-refractivity contribution >= 4 is 17.5 Å². The Morgan fingerprint density at radius 1 is 1.03 bits per heavy atom. The molecule has 0 fully saturated rings. The number of hydrazone groups is 1. The molecular weight excluding hydrogens is 436 g/mol. The number of para-hydroxylation sites is 1. The lowest BCUT2D eigenvalue weighted by atomic mass is 10.1. The first-order valence-electron chi connectivity index (χ1n) is 10.4. The molecule has 0 saturated carbocycles. The minimum atomic E-state index is -0.910. The second-order valence-corrected chi connectivity index (χ2v) is 7.50. The first-order valence-corrected chi connectivity index (χ1v) is 10.4. The minimum absolute atomic E-state index is 0.0674. The van der Waals surface area contributed by atoms with E-state index in [4.69, 9.17) is 9.84 Å². The van der Waals surface area contributed by atoms with Gasteiger partial charge in [0.2, 0.25) is 18.0 Å². The lowest BCUT2D eigenvalue weighted by Crippen LogP contribution is -2.25. The van der Waals surface area contributed by atoms with E-state index in [1.54, 1.807) is 47.5 Å². The van der Waals surface area contributed by atoms with Gasteiger partial charge in [0.05, 0.1) is 16.2 Å². The third-order valence-corrected chi connectivity index (χ3v) is 5.25. The normalized spacial score (nSPS) is 15.0. The van der Waals surface area contributed by atoms with Crippen LogP contribution < -0.4 is 0 Å². The number of rotatable bonds is 5. The van der Waals surface area contributed by atoms with E-state index in [2.05, 4.69) is 10.1 Å². The topological polar surface area (TPSA) is 116 Å². The number of amides is 1. The summed E-state index contributed by atoms with van der Waals surface area (Å²) in [6, 6.07) is 19.0. The maximum Gasteiger partial charge on any atom is 0.270 e. The van der Waals surface area contributed by atoms with Crippen molar-refractivity contribution in [1.82, 2.24) is 19.8 Å². The number of hydrogen-bond donors (Lipinski definition) is 0. The molecule has 1 aliphatic heterocycles. The number of pyridine rings is 1. The van der Waals surface area contributed by atoms with E-state index in [0.29, 0.717) is 22.4 Å². The van der Waals surface area contributed by atoms with Crippen LogP contribution in [0.1, 0.15) is 24.3 Å². The molecule has 1 atom stereocenters. The number of nitrogens with zero attached hydrogens (tertiary/aromatic N) is 6. The third-order valence-electron chi connectivity index (χ3n) is 5.25. The molecule has 1 aliphatic rings. The maximum atomic E-state index is 12.5. The average molecular weight is 454 g/mol. The number of non-ortho nitro benzene ring substituents is 1. The van der Waals surface area contributed by atoms with Crippen molar-refractivity contribution in [2.45, 2.75) is 13.2 Å². The van der Waals surface area contributed by atoms with Crippen molar-refractivity contribution < 1.29 is 14.5 Å². The molecular formula is C24H18N6O4. The standard InChI is InChI=1S/C24H18N6O4/c1-16(31)29-24(34-23(27-29)17-10-12-25-13-11-17)21-15-28(19-7-3-2-4-8-19)26-22(21)18-6-5-9-20(14-18)30(32)33/h2-15,24H,1H3. The van der Waals surface area contributed by atoms with E-state index in [1.165, 1.54) is 24.1 Å². The SMILES string of the molecule is CC(=O)N1N=C(c2ccncc2)OC1c1cn(-c2ccccc2)nc1-c1cccc([N+](=O)[O-])c1. The van der Waals surface area contributed by atoms with Gasteiger partial charge in [0.1, 0.15) is 5.69 Å². The van der Waals surface area contributed by atoms with Crippen LogP contribution in [-0.4, -0.2) is 36.5 Å². The second-order valence-electron chi connectivity index (χ2n) is 7.50. The zero-order valence-electron chi connectivity index (χ0n) is 18.0. The Bertz CT molecular complexity index is 1400. The van der Waals surface area contributed by atoms with E-state index in [-0.39, 0.29) is 17.5 Å². The van der Waals surface area contributed by atoms with Crippen molar-refractivity contribution in [1.29, 1.82) is 0 Å². The molecule has 0 aliphatic carbocycles. The molecule has 3 heterocycles. The van der Waals surface area contributed by atoms with Crippen LogP contribution in [-0.2, 0) is 9.53 Å². The van der Waals surface area contributed by atoms with Crippen molar-refractivity contribution in [3.8, 4) is 16.9 Å². The summed E-state index contributed by atoms with van der Waals surface area (Å²) in [5.74, 6) is -0.0634. The van der Waals surface area contributed by atoms with Gasteiger partial charge in [-0.3, -0.25) is 19.9 Å². The first kappa shape index (κ1) is 21.0. The lowest BCUT2D eigenvalue weighted by Gasteiger charge is -2.19. The Labute approximate surface area is 193 Å². The summed E-state index contributed by atoms with van der Waals surface area (Å²) in [6.45, 7) is 1.39. The van der Waals surface area contributed by atoms with Gasteiger partial charge < -0.3 is 4.74 Å². The monoisotopic (exact) mass is 454 g/mol. The number of aromatic nitrogens is 3. The lowest BCUT2D eigenvalue weighted by molar-refractivity contribution is -0.384. The number of benzene rings is 2. The number of carbonyl (C=O) groups is 1. The predicted molar refractivity (Wildman–Crippen MR) is 123 cm³/mol. The Kier molecular flexibility index (Phi) is 5.30. The molecule has 0 bridgehead atoms. The maximum absolute atomic E-state index is 12.5. The van der Waals surface area contributed by atoms with Crippen LogP contribution in [0, 0.1) is 10.1 Å². The molecule has 10 heteroatoms. The molecule has 34 heavy (non-hydrogen) atoms. The van der Waals surface area contributed by atoms with Crippen LogP contribution in [0.25, 0.3) is 16.9 Å². The minimum Gasteiger partial charge on any atom is -0.446 e. The average Bonchev–Trinajstić information content (AvgIpc) is 3.50. The zero-order valence-corrected chi connectivity index (χ0v) is 18.0. The van der Waals surface area contributed by atoms with E-state index in [0.717, 1.165) is 5.69 Å². The molecule has 10 nitrogen and oxygen atoms in total. The number of nitro benzene ring substituents is 1. The van der Waals surface area contributed by atoms with Crippen LogP contribution in [0.15, 0.2) is 90.4 Å². The smallest absolute Gasteiger partial charge is 0.270 e. The molecule has 0 N–H and O–H groups in total. The van der Waals surface area contributed by atoms with E-state index in [9.17, 15) is 14.9 Å². The predicted octanol–water partition coefficient (Wildman–Crippen LogP) is 4.08. The fourth-order valence-corrected chi connectivity index (χ4v) is 3.65. The van der Waals surface area contributed by atoms with Gasteiger partial charge in [0.15, 0.2) is 0 Å². The summed E-state index contributed by atoms with van der Waals surface area (Å²) < 4.78 is 7.79. The van der Waals surface area contributed by atoms with Gasteiger partial charge in [0.25, 0.3) is 5.69 Å². The van der Waals surface area contributed by atoms with Crippen LogP contribution in [0.2, 0.25) is 0 Å². The summed E-state index contributed by atoms with van der Waals surface area (Å²) in [4.78, 5) is 27.4. The van der Waals surface area contributed by atoms with Gasteiger partial charge in [-0.15, -0.1) is 5.10 Å². The molecule has 1 amide bonds. The van der Waals surface area contributed by atoms with Crippen molar-refractivity contribution in [2.24, 2.45) is 5.10 Å². The highest BCUT2D eigenvalue weighted by Gasteiger charge is 2.36. The summed E-state index contributed by atoms with van der Waals surface area (Å²) in [5, 5.41) is 21.7. The Morgan fingerprint density at radius 2 is 1.79 bits per heavy atom. The van der Waals surface area contributed by atoms with Gasteiger partial charge >= 0.3 is 0 Å². The molecule has 5 rings (SSSR count). The van der Waals surface area contributed by atoms with Gasteiger partial charge in [0, 0.05) is 48.8 Å². The van der Waals surface area contributed by atoms with Crippen LogP contribution in [0.5, 0.6) is 0 Å². The number of carbonyl (C=O) groups excluding carboxylic acids is 1. The molecule has 0 spiro atoms. The highest BCUT2D eigenvalue weighted by molar-refractivity contribution is 5.96. The molecule has 2 aromatic heterocycles. The van der Waals surface area contributed by atoms with Crippen LogP contribution >= 0.6 is 0 Å². The molecule has 1 unspecified atom stereocenters. The van der Waals surface area contributed by atoms with Crippen LogP contribution in [0.4, 0.5) is 5.69 Å². The summed E-state index contributed by atoms with van der Waals surface area (Å²) in [7, 11) is 0.